The van der Waals surface area contributed by atoms with Crippen LogP contribution >= 0.6 is 0 Å². The van der Waals surface area contributed by atoms with Crippen molar-refractivity contribution in [2.75, 3.05) is 0 Å². The minimum absolute atomic E-state index is 0.0276. The monoisotopic (exact) mass is 318 g/mol. The van der Waals surface area contributed by atoms with E-state index >= 15 is 0 Å². The summed E-state index contributed by atoms with van der Waals surface area (Å²) in [6, 6.07) is 18.5. The van der Waals surface area contributed by atoms with E-state index in [0.29, 0.717) is 10.6 Å². The molecule has 0 bridgehead atoms. The molecule has 96 valence electrons. The average Bonchev–Trinajstić information content (AvgIpc) is 2.49. The normalized spacial score (nSPS) is 10.1. The van der Waals surface area contributed by atoms with Crippen LogP contribution in [0.1, 0.15) is 20.7 Å². The molecule has 0 N–H and O–H groups in total. The van der Waals surface area contributed by atoms with E-state index in [1.165, 1.54) is 0 Å². The van der Waals surface area contributed by atoms with Crippen LogP contribution in [0, 0.1) is 0 Å². The first kappa shape index (κ1) is 13.7. The van der Waals surface area contributed by atoms with Gasteiger partial charge in [0, 0.05) is 0 Å². The molecule has 0 atom stereocenters. The summed E-state index contributed by atoms with van der Waals surface area (Å²) in [4.78, 5) is 23.7. The van der Waals surface area contributed by atoms with Gasteiger partial charge in [0.25, 0.3) is 0 Å². The second-order valence-electron chi connectivity index (χ2n) is 4.07. The number of carbonyl (C=O) groups is 2. The van der Waals surface area contributed by atoms with Crippen molar-refractivity contribution in [1.82, 2.24) is 0 Å². The van der Waals surface area contributed by atoms with Crippen LogP contribution in [-0.4, -0.2) is 26.5 Å². The van der Waals surface area contributed by atoms with Gasteiger partial charge in [-0.25, -0.2) is 0 Å². The molecule has 2 aromatic rings. The molecule has 0 radical (unpaired) electrons. The van der Waals surface area contributed by atoms with Gasteiger partial charge in [-0.05, 0) is 0 Å². The van der Waals surface area contributed by atoms with Crippen molar-refractivity contribution in [2.45, 2.75) is 10.6 Å². The zero-order chi connectivity index (χ0) is 13.5. The Bertz CT molecular complexity index is 498. The molecule has 2 rings (SSSR count). The average molecular weight is 317 g/mol. The van der Waals surface area contributed by atoms with E-state index in [0.717, 1.165) is 11.1 Å². The minimum atomic E-state index is 0.0276. The molecule has 19 heavy (non-hydrogen) atoms. The maximum absolute atomic E-state index is 11.9. The first-order valence-corrected chi connectivity index (χ1v) is 8.44. The molecule has 3 heteroatoms. The standard InChI is InChI=1S/C16H14O2Se/c17-15(13-7-3-1-4-8-13)11-19-12-16(18)14-9-5-2-6-10-14/h1-10H,11-12H2. The van der Waals surface area contributed by atoms with Crippen molar-refractivity contribution in [3.05, 3.63) is 71.8 Å². The number of hydrogen-bond acceptors (Lipinski definition) is 2. The molecule has 0 saturated carbocycles. The van der Waals surface area contributed by atoms with Crippen LogP contribution in [0.5, 0.6) is 0 Å². The van der Waals surface area contributed by atoms with Crippen molar-refractivity contribution >= 4 is 26.5 Å². The molecule has 0 aromatic heterocycles. The molecule has 0 fully saturated rings. The molecule has 0 aliphatic heterocycles. The van der Waals surface area contributed by atoms with E-state index in [1.54, 1.807) is 0 Å². The summed E-state index contributed by atoms with van der Waals surface area (Å²) in [6.07, 6.45) is 0. The Labute approximate surface area is 119 Å². The second kappa shape index (κ2) is 7.03. The predicted molar refractivity (Wildman–Crippen MR) is 76.9 cm³/mol. The van der Waals surface area contributed by atoms with E-state index in [4.69, 9.17) is 0 Å². The van der Waals surface area contributed by atoms with Gasteiger partial charge in [0.2, 0.25) is 0 Å². The fourth-order valence-electron chi connectivity index (χ4n) is 1.65. The Kier molecular flexibility index (Phi) is 5.08. The summed E-state index contributed by atoms with van der Waals surface area (Å²) in [5.41, 5.74) is 1.47. The van der Waals surface area contributed by atoms with Crippen LogP contribution in [0.3, 0.4) is 0 Å². The molecular weight excluding hydrogens is 303 g/mol. The van der Waals surface area contributed by atoms with E-state index in [1.807, 2.05) is 60.7 Å². The third-order valence-electron chi connectivity index (χ3n) is 2.66. The molecule has 0 aliphatic carbocycles. The Morgan fingerprint density at radius 3 is 1.42 bits per heavy atom. The van der Waals surface area contributed by atoms with Crippen molar-refractivity contribution in [1.29, 1.82) is 0 Å². The Morgan fingerprint density at radius 1 is 0.684 bits per heavy atom. The quantitative estimate of drug-likeness (QED) is 0.605. The maximum atomic E-state index is 11.9. The number of carbonyl (C=O) groups excluding carboxylic acids is 2. The van der Waals surface area contributed by atoms with Gasteiger partial charge in [-0.15, -0.1) is 0 Å². The van der Waals surface area contributed by atoms with Gasteiger partial charge in [0.1, 0.15) is 0 Å². The molecule has 0 aliphatic rings. The van der Waals surface area contributed by atoms with E-state index in [2.05, 4.69) is 0 Å². The number of Topliss-reactive ketones (excluding diaryl/α,β-unsaturated/α-hetero) is 2. The first-order valence-electron chi connectivity index (χ1n) is 6.01. The fourth-order valence-corrected chi connectivity index (χ4v) is 3.34. The molecular formula is C16H14O2Se. The summed E-state index contributed by atoms with van der Waals surface area (Å²) >= 11 is 0.0276. The topological polar surface area (TPSA) is 34.1 Å². The predicted octanol–water partition coefficient (Wildman–Crippen LogP) is 3.29. The van der Waals surface area contributed by atoms with Crippen LogP contribution in [0.4, 0.5) is 0 Å². The molecule has 0 heterocycles. The van der Waals surface area contributed by atoms with E-state index in [-0.39, 0.29) is 26.5 Å². The van der Waals surface area contributed by atoms with E-state index < -0.39 is 0 Å². The number of hydrogen-bond donors (Lipinski definition) is 0. The van der Waals surface area contributed by atoms with Gasteiger partial charge in [-0.2, -0.15) is 0 Å². The zero-order valence-corrected chi connectivity index (χ0v) is 12.1. The van der Waals surface area contributed by atoms with Crippen LogP contribution in [0.25, 0.3) is 0 Å². The number of ketones is 2. The van der Waals surface area contributed by atoms with Crippen molar-refractivity contribution in [2.24, 2.45) is 0 Å². The number of rotatable bonds is 6. The van der Waals surface area contributed by atoms with Crippen molar-refractivity contribution in [3.8, 4) is 0 Å². The van der Waals surface area contributed by atoms with Gasteiger partial charge in [0.15, 0.2) is 0 Å². The zero-order valence-electron chi connectivity index (χ0n) is 10.4. The SMILES string of the molecule is O=C(C[Se]CC(=O)c1ccccc1)c1ccccc1. The Hall–Kier alpha value is -1.70. The van der Waals surface area contributed by atoms with Crippen molar-refractivity contribution in [3.63, 3.8) is 0 Å². The first-order chi connectivity index (χ1) is 9.27. The van der Waals surface area contributed by atoms with Gasteiger partial charge in [-0.3, -0.25) is 0 Å². The van der Waals surface area contributed by atoms with Crippen molar-refractivity contribution < 1.29 is 9.59 Å². The molecule has 2 aromatic carbocycles. The van der Waals surface area contributed by atoms with Gasteiger partial charge in [-0.1, -0.05) is 0 Å². The number of benzene rings is 2. The summed E-state index contributed by atoms with van der Waals surface area (Å²) in [5.74, 6) is 0.253. The summed E-state index contributed by atoms with van der Waals surface area (Å²) in [6.45, 7) is 0. The van der Waals surface area contributed by atoms with E-state index in [9.17, 15) is 9.59 Å². The van der Waals surface area contributed by atoms with Crippen LogP contribution in [0.15, 0.2) is 60.7 Å². The molecule has 0 unspecified atom stereocenters. The van der Waals surface area contributed by atoms with Gasteiger partial charge < -0.3 is 0 Å². The molecule has 0 saturated heterocycles. The van der Waals surface area contributed by atoms with Gasteiger partial charge in [0.05, 0.1) is 0 Å². The molecule has 2 nitrogen and oxygen atoms in total. The third-order valence-corrected chi connectivity index (χ3v) is 4.61. The Balaban J connectivity index is 1.81. The van der Waals surface area contributed by atoms with Gasteiger partial charge >= 0.3 is 119 Å². The summed E-state index contributed by atoms with van der Waals surface area (Å²) < 4.78 is 0. The van der Waals surface area contributed by atoms with Crippen LogP contribution in [-0.2, 0) is 0 Å². The fraction of sp³-hybridized carbons (Fsp3) is 0.125. The summed E-state index contributed by atoms with van der Waals surface area (Å²) in [7, 11) is 0. The Morgan fingerprint density at radius 2 is 1.05 bits per heavy atom. The third kappa shape index (κ3) is 4.16. The van der Waals surface area contributed by atoms with Crippen LogP contribution < -0.4 is 0 Å². The van der Waals surface area contributed by atoms with Crippen LogP contribution in [0.2, 0.25) is 10.6 Å². The molecule has 0 amide bonds. The second-order valence-corrected chi connectivity index (χ2v) is 6.14. The molecule has 0 spiro atoms. The summed E-state index contributed by atoms with van der Waals surface area (Å²) in [5, 5.41) is 0.963.